The summed E-state index contributed by atoms with van der Waals surface area (Å²) in [5.41, 5.74) is 8.85. The number of methoxy groups -OCH3 is 1. The largest absolute Gasteiger partial charge is 0.497 e. The van der Waals surface area contributed by atoms with E-state index in [1.807, 2.05) is 10.7 Å². The Bertz CT molecular complexity index is 637. The van der Waals surface area contributed by atoms with Crippen LogP contribution in [0.4, 0.5) is 0 Å². The van der Waals surface area contributed by atoms with Gasteiger partial charge >= 0.3 is 0 Å². The van der Waals surface area contributed by atoms with Crippen LogP contribution < -0.4 is 10.5 Å². The Balaban J connectivity index is 1.91. The number of aryl methyl sites for hydroxylation is 2. The molecule has 1 aromatic heterocycles. The fourth-order valence-electron chi connectivity index (χ4n) is 3.15. The number of ether oxygens (including phenoxy) is 1. The molecular formula is C16H22N4O. The molecule has 1 heterocycles. The summed E-state index contributed by atoms with van der Waals surface area (Å²) in [6, 6.07) is 6.20. The van der Waals surface area contributed by atoms with Crippen molar-refractivity contribution in [2.24, 2.45) is 5.73 Å². The fourth-order valence-corrected chi connectivity index (χ4v) is 3.15. The zero-order chi connectivity index (χ0) is 14.9. The zero-order valence-electron chi connectivity index (χ0n) is 12.7. The Hall–Kier alpha value is -1.88. The molecule has 0 saturated heterocycles. The molecule has 0 spiro atoms. The van der Waals surface area contributed by atoms with Crippen molar-refractivity contribution in [1.29, 1.82) is 0 Å². The van der Waals surface area contributed by atoms with Crippen molar-refractivity contribution in [1.82, 2.24) is 14.8 Å². The topological polar surface area (TPSA) is 66.0 Å². The van der Waals surface area contributed by atoms with Gasteiger partial charge in [-0.2, -0.15) is 5.10 Å². The molecule has 2 aromatic rings. The van der Waals surface area contributed by atoms with Gasteiger partial charge in [-0.05, 0) is 42.5 Å². The summed E-state index contributed by atoms with van der Waals surface area (Å²) in [5, 5.41) is 4.29. The lowest BCUT2D eigenvalue weighted by Gasteiger charge is -2.25. The number of aromatic nitrogens is 3. The van der Waals surface area contributed by atoms with Crippen LogP contribution in [0.15, 0.2) is 24.5 Å². The average Bonchev–Trinajstić information content (AvgIpc) is 3.05. The van der Waals surface area contributed by atoms with Gasteiger partial charge in [-0.1, -0.05) is 13.0 Å². The first kappa shape index (κ1) is 14.1. The summed E-state index contributed by atoms with van der Waals surface area (Å²) in [6.45, 7) is 3.02. The van der Waals surface area contributed by atoms with Crippen LogP contribution in [-0.4, -0.2) is 21.9 Å². The molecule has 1 atom stereocenters. The van der Waals surface area contributed by atoms with Crippen LogP contribution in [-0.2, 0) is 24.9 Å². The molecule has 5 nitrogen and oxygen atoms in total. The van der Waals surface area contributed by atoms with Crippen molar-refractivity contribution in [3.8, 4) is 5.75 Å². The highest BCUT2D eigenvalue weighted by molar-refractivity contribution is 5.44. The number of nitrogens with zero attached hydrogens (tertiary/aromatic N) is 3. The van der Waals surface area contributed by atoms with Crippen LogP contribution in [0.5, 0.6) is 5.75 Å². The van der Waals surface area contributed by atoms with E-state index in [9.17, 15) is 0 Å². The fraction of sp³-hybridized carbons (Fsp3) is 0.500. The van der Waals surface area contributed by atoms with E-state index in [0.717, 1.165) is 37.4 Å². The second-order valence-corrected chi connectivity index (χ2v) is 5.76. The van der Waals surface area contributed by atoms with Gasteiger partial charge in [0.1, 0.15) is 17.9 Å². The molecule has 0 fully saturated rings. The maximum atomic E-state index is 6.71. The van der Waals surface area contributed by atoms with Gasteiger partial charge in [-0.3, -0.25) is 4.68 Å². The van der Waals surface area contributed by atoms with Crippen LogP contribution in [0, 0.1) is 0 Å². The summed E-state index contributed by atoms with van der Waals surface area (Å²) in [4.78, 5) is 4.40. The van der Waals surface area contributed by atoms with Crippen molar-refractivity contribution in [2.45, 2.75) is 44.7 Å². The molecule has 112 valence electrons. The van der Waals surface area contributed by atoms with Gasteiger partial charge in [-0.15, -0.1) is 0 Å². The van der Waals surface area contributed by atoms with E-state index >= 15 is 0 Å². The summed E-state index contributed by atoms with van der Waals surface area (Å²) < 4.78 is 7.31. The maximum absolute atomic E-state index is 6.71. The third-order valence-electron chi connectivity index (χ3n) is 4.30. The van der Waals surface area contributed by atoms with Crippen molar-refractivity contribution >= 4 is 0 Å². The highest BCUT2D eigenvalue weighted by Crippen LogP contribution is 2.38. The van der Waals surface area contributed by atoms with Gasteiger partial charge in [0.15, 0.2) is 0 Å². The summed E-state index contributed by atoms with van der Waals surface area (Å²) in [7, 11) is 1.69. The smallest absolute Gasteiger partial charge is 0.138 e. The van der Waals surface area contributed by atoms with Gasteiger partial charge in [0.2, 0.25) is 0 Å². The quantitative estimate of drug-likeness (QED) is 0.913. The minimum Gasteiger partial charge on any atom is -0.497 e. The molecule has 1 aliphatic carbocycles. The van der Waals surface area contributed by atoms with Gasteiger partial charge < -0.3 is 10.5 Å². The van der Waals surface area contributed by atoms with Gasteiger partial charge in [0, 0.05) is 18.5 Å². The molecule has 1 unspecified atom stereocenters. The van der Waals surface area contributed by atoms with Gasteiger partial charge in [-0.25, -0.2) is 4.98 Å². The van der Waals surface area contributed by atoms with E-state index in [1.165, 1.54) is 11.1 Å². The lowest BCUT2D eigenvalue weighted by molar-refractivity contribution is 0.399. The first-order chi connectivity index (χ1) is 10.2. The highest BCUT2D eigenvalue weighted by atomic mass is 16.5. The Kier molecular flexibility index (Phi) is 3.68. The van der Waals surface area contributed by atoms with E-state index in [0.29, 0.717) is 6.42 Å². The molecule has 0 radical (unpaired) electrons. The molecular weight excluding hydrogens is 264 g/mol. The van der Waals surface area contributed by atoms with Crippen molar-refractivity contribution < 1.29 is 4.74 Å². The number of hydrogen-bond acceptors (Lipinski definition) is 4. The van der Waals surface area contributed by atoms with Gasteiger partial charge in [0.25, 0.3) is 0 Å². The third kappa shape index (κ3) is 2.53. The Labute approximate surface area is 125 Å². The number of benzene rings is 1. The number of rotatable bonds is 5. The lowest BCUT2D eigenvalue weighted by Crippen LogP contribution is -2.37. The van der Waals surface area contributed by atoms with Crippen molar-refractivity contribution in [3.63, 3.8) is 0 Å². The zero-order valence-corrected chi connectivity index (χ0v) is 12.7. The molecule has 0 amide bonds. The summed E-state index contributed by atoms with van der Waals surface area (Å²) >= 11 is 0. The first-order valence-electron chi connectivity index (χ1n) is 7.49. The van der Waals surface area contributed by atoms with E-state index in [1.54, 1.807) is 13.4 Å². The maximum Gasteiger partial charge on any atom is 0.138 e. The molecule has 5 heteroatoms. The normalized spacial score (nSPS) is 20.5. The Morgan fingerprint density at radius 3 is 3.05 bits per heavy atom. The van der Waals surface area contributed by atoms with Crippen LogP contribution >= 0.6 is 0 Å². The molecule has 1 aromatic carbocycles. The van der Waals surface area contributed by atoms with Crippen molar-refractivity contribution in [3.05, 3.63) is 41.5 Å². The lowest BCUT2D eigenvalue weighted by atomic mass is 9.89. The van der Waals surface area contributed by atoms with Crippen LogP contribution in [0.2, 0.25) is 0 Å². The van der Waals surface area contributed by atoms with E-state index in [-0.39, 0.29) is 5.54 Å². The first-order valence-corrected chi connectivity index (χ1v) is 7.49. The van der Waals surface area contributed by atoms with Crippen LogP contribution in [0.25, 0.3) is 0 Å². The Morgan fingerprint density at radius 2 is 2.29 bits per heavy atom. The second-order valence-electron chi connectivity index (χ2n) is 5.76. The average molecular weight is 286 g/mol. The second kappa shape index (κ2) is 5.48. The van der Waals surface area contributed by atoms with Crippen LogP contribution in [0.1, 0.15) is 36.7 Å². The third-order valence-corrected chi connectivity index (χ3v) is 4.30. The van der Waals surface area contributed by atoms with Gasteiger partial charge in [0.05, 0.1) is 7.11 Å². The Morgan fingerprint density at radius 1 is 1.43 bits per heavy atom. The molecule has 0 saturated carbocycles. The molecule has 0 aliphatic heterocycles. The van der Waals surface area contributed by atoms with E-state index in [2.05, 4.69) is 29.1 Å². The van der Waals surface area contributed by atoms with E-state index < -0.39 is 0 Å². The van der Waals surface area contributed by atoms with Crippen molar-refractivity contribution in [2.75, 3.05) is 7.11 Å². The molecule has 1 aliphatic rings. The number of fused-ring (bicyclic) bond motifs is 1. The summed E-state index contributed by atoms with van der Waals surface area (Å²) in [5.74, 6) is 1.83. The van der Waals surface area contributed by atoms with E-state index in [4.69, 9.17) is 10.5 Å². The predicted molar refractivity (Wildman–Crippen MR) is 81.2 cm³/mol. The predicted octanol–water partition coefficient (Wildman–Crippen LogP) is 2.04. The molecule has 3 rings (SSSR count). The highest BCUT2D eigenvalue weighted by Gasteiger charge is 2.36. The SMILES string of the molecule is CCCn1ncnc1CC1(N)CCc2ccc(OC)cc21. The summed E-state index contributed by atoms with van der Waals surface area (Å²) in [6.07, 6.45) is 5.33. The molecule has 0 bridgehead atoms. The number of nitrogens with two attached hydrogens (primary N) is 1. The monoisotopic (exact) mass is 286 g/mol. The molecule has 2 N–H and O–H groups in total. The minimum atomic E-state index is -0.373. The molecule has 21 heavy (non-hydrogen) atoms. The van der Waals surface area contributed by atoms with Crippen LogP contribution in [0.3, 0.4) is 0 Å². The number of hydrogen-bond donors (Lipinski definition) is 1. The minimum absolute atomic E-state index is 0.373. The standard InChI is InChI=1S/C16H22N4O/c1-3-8-20-15(18-11-19-20)10-16(17)7-6-12-4-5-13(21-2)9-14(12)16/h4-5,9,11H,3,6-8,10,17H2,1-2H3.